The highest BCUT2D eigenvalue weighted by Gasteiger charge is 2.17. The molecule has 0 spiro atoms. The van der Waals surface area contributed by atoms with E-state index in [1.54, 1.807) is 17.4 Å². The average Bonchev–Trinajstić information content (AvgIpc) is 2.89. The van der Waals surface area contributed by atoms with Crippen molar-refractivity contribution in [1.29, 1.82) is 0 Å². The van der Waals surface area contributed by atoms with Crippen molar-refractivity contribution in [2.75, 3.05) is 0 Å². The summed E-state index contributed by atoms with van der Waals surface area (Å²) >= 11 is 10.5. The zero-order chi connectivity index (χ0) is 15.3. The summed E-state index contributed by atoms with van der Waals surface area (Å²) in [6.45, 7) is 6.35. The fourth-order valence-electron chi connectivity index (χ4n) is 2.71. The molecular formula is C15H14BrFN2S2. The minimum atomic E-state index is -0.291. The molecule has 6 heteroatoms. The van der Waals surface area contributed by atoms with Gasteiger partial charge >= 0.3 is 0 Å². The van der Waals surface area contributed by atoms with Crippen molar-refractivity contribution >= 4 is 50.5 Å². The highest BCUT2D eigenvalue weighted by atomic mass is 79.9. The van der Waals surface area contributed by atoms with Gasteiger partial charge in [-0.1, -0.05) is 0 Å². The minimum Gasteiger partial charge on any atom is -0.330 e. The highest BCUT2D eigenvalue weighted by molar-refractivity contribution is 9.10. The van der Waals surface area contributed by atoms with Crippen LogP contribution in [0.5, 0.6) is 0 Å². The molecule has 0 aliphatic heterocycles. The number of fused-ring (bicyclic) bond motifs is 1. The van der Waals surface area contributed by atoms with Crippen molar-refractivity contribution < 1.29 is 4.39 Å². The summed E-state index contributed by atoms with van der Waals surface area (Å²) in [6.07, 6.45) is 0. The van der Waals surface area contributed by atoms with E-state index < -0.39 is 0 Å². The molecule has 3 rings (SSSR count). The summed E-state index contributed by atoms with van der Waals surface area (Å²) in [6, 6.07) is 5.56. The topological polar surface area (TPSA) is 20.7 Å². The summed E-state index contributed by atoms with van der Waals surface area (Å²) in [5.41, 5.74) is 2.89. The number of aromatic amines is 1. The van der Waals surface area contributed by atoms with Crippen molar-refractivity contribution in [1.82, 2.24) is 9.55 Å². The number of hydrogen-bond acceptors (Lipinski definition) is 2. The third-order valence-electron chi connectivity index (χ3n) is 3.68. The largest absolute Gasteiger partial charge is 0.330 e. The monoisotopic (exact) mass is 384 g/mol. The molecule has 0 saturated carbocycles. The molecule has 0 saturated heterocycles. The Morgan fingerprint density at radius 1 is 1.33 bits per heavy atom. The van der Waals surface area contributed by atoms with Gasteiger partial charge in [-0.05, 0) is 66.6 Å². The van der Waals surface area contributed by atoms with E-state index in [4.69, 9.17) is 12.2 Å². The molecule has 0 aliphatic rings. The van der Waals surface area contributed by atoms with Gasteiger partial charge in [0.2, 0.25) is 0 Å². The number of nitrogens with one attached hydrogen (secondary N) is 1. The number of aromatic nitrogens is 2. The molecule has 2 nitrogen and oxygen atoms in total. The maximum atomic E-state index is 13.7. The molecule has 21 heavy (non-hydrogen) atoms. The van der Waals surface area contributed by atoms with E-state index in [2.05, 4.69) is 47.8 Å². The number of thiophene rings is 1. The van der Waals surface area contributed by atoms with Crippen LogP contribution in [0.4, 0.5) is 4.39 Å². The van der Waals surface area contributed by atoms with Crippen LogP contribution in [0.25, 0.3) is 11.0 Å². The van der Waals surface area contributed by atoms with Gasteiger partial charge in [0, 0.05) is 15.8 Å². The number of hydrogen-bond donors (Lipinski definition) is 1. The van der Waals surface area contributed by atoms with Gasteiger partial charge in [0.25, 0.3) is 0 Å². The Hall–Kier alpha value is -0.980. The molecule has 1 atom stereocenters. The molecule has 2 heterocycles. The van der Waals surface area contributed by atoms with Crippen molar-refractivity contribution in [3.05, 3.63) is 48.6 Å². The minimum absolute atomic E-state index is 0.105. The van der Waals surface area contributed by atoms with Crippen LogP contribution in [0, 0.1) is 24.4 Å². The molecule has 3 aromatic rings. The molecule has 0 bridgehead atoms. The van der Waals surface area contributed by atoms with Gasteiger partial charge in [0.15, 0.2) is 4.77 Å². The number of imidazole rings is 1. The van der Waals surface area contributed by atoms with E-state index in [9.17, 15) is 4.39 Å². The molecule has 0 fully saturated rings. The second-order valence-electron chi connectivity index (χ2n) is 5.13. The fraction of sp³-hybridized carbons (Fsp3) is 0.267. The third-order valence-corrected chi connectivity index (χ3v) is 5.56. The summed E-state index contributed by atoms with van der Waals surface area (Å²) in [7, 11) is 0. The number of H-pyrrole nitrogens is 1. The lowest BCUT2D eigenvalue weighted by molar-refractivity contribution is 0.621. The maximum absolute atomic E-state index is 13.7. The van der Waals surface area contributed by atoms with E-state index in [1.807, 2.05) is 4.57 Å². The van der Waals surface area contributed by atoms with Crippen LogP contribution in [0.3, 0.4) is 0 Å². The van der Waals surface area contributed by atoms with Gasteiger partial charge in [-0.15, -0.1) is 11.3 Å². The summed E-state index contributed by atoms with van der Waals surface area (Å²) in [4.78, 5) is 5.67. The van der Waals surface area contributed by atoms with Crippen molar-refractivity contribution in [3.8, 4) is 0 Å². The molecule has 110 valence electrons. The van der Waals surface area contributed by atoms with Gasteiger partial charge in [0.05, 0.1) is 21.5 Å². The molecule has 2 aromatic heterocycles. The molecule has 1 aromatic carbocycles. The van der Waals surface area contributed by atoms with Crippen molar-refractivity contribution in [2.24, 2.45) is 0 Å². The van der Waals surface area contributed by atoms with Crippen molar-refractivity contribution in [3.63, 3.8) is 0 Å². The lowest BCUT2D eigenvalue weighted by Gasteiger charge is -2.15. The van der Waals surface area contributed by atoms with Gasteiger partial charge in [0.1, 0.15) is 5.82 Å². The summed E-state index contributed by atoms with van der Waals surface area (Å²) in [5.74, 6) is -0.291. The molecule has 0 amide bonds. The fourth-order valence-corrected chi connectivity index (χ4v) is 4.42. The van der Waals surface area contributed by atoms with Gasteiger partial charge < -0.3 is 9.55 Å². The van der Waals surface area contributed by atoms with Crippen LogP contribution in [0.2, 0.25) is 0 Å². The van der Waals surface area contributed by atoms with E-state index in [-0.39, 0.29) is 11.9 Å². The van der Waals surface area contributed by atoms with Crippen LogP contribution >= 0.6 is 39.5 Å². The first-order valence-corrected chi connectivity index (χ1v) is 8.56. The molecule has 0 radical (unpaired) electrons. The SMILES string of the molecule is Cc1cc(C(C)n2c(=S)[nH]c3cc(F)c(Br)cc32)c(C)s1. The number of halogens is 2. The Labute approximate surface area is 139 Å². The van der Waals surface area contributed by atoms with Crippen LogP contribution in [-0.4, -0.2) is 9.55 Å². The quantitative estimate of drug-likeness (QED) is 0.546. The Morgan fingerprint density at radius 2 is 2.05 bits per heavy atom. The Kier molecular flexibility index (Phi) is 3.80. The predicted molar refractivity (Wildman–Crippen MR) is 92.4 cm³/mol. The normalized spacial score (nSPS) is 13.0. The smallest absolute Gasteiger partial charge is 0.178 e. The second kappa shape index (κ2) is 5.34. The second-order valence-corrected chi connectivity index (χ2v) is 7.83. The third kappa shape index (κ3) is 2.49. The lowest BCUT2D eigenvalue weighted by atomic mass is 10.1. The first-order chi connectivity index (χ1) is 9.88. The molecule has 0 aliphatic carbocycles. The molecule has 1 N–H and O–H groups in total. The lowest BCUT2D eigenvalue weighted by Crippen LogP contribution is -2.07. The Bertz CT molecular complexity index is 891. The van der Waals surface area contributed by atoms with Gasteiger partial charge in [-0.2, -0.15) is 0 Å². The van der Waals surface area contributed by atoms with E-state index in [0.29, 0.717) is 9.24 Å². The van der Waals surface area contributed by atoms with Gasteiger partial charge in [-0.3, -0.25) is 0 Å². The molecule has 1 unspecified atom stereocenters. The molecular weight excluding hydrogens is 371 g/mol. The zero-order valence-electron chi connectivity index (χ0n) is 11.8. The summed E-state index contributed by atoms with van der Waals surface area (Å²) in [5, 5.41) is 0. The standard InChI is InChI=1S/C15H14BrFN2S2/c1-7-4-10(9(3)21-7)8(2)19-14-5-11(16)12(17)6-13(14)18-15(19)20/h4-6,8H,1-3H3,(H,18,20). The first-order valence-electron chi connectivity index (χ1n) is 6.54. The maximum Gasteiger partial charge on any atom is 0.178 e. The van der Waals surface area contributed by atoms with Crippen LogP contribution in [0.1, 0.15) is 28.3 Å². The van der Waals surface area contributed by atoms with Crippen LogP contribution in [0.15, 0.2) is 22.7 Å². The van der Waals surface area contributed by atoms with Crippen molar-refractivity contribution in [2.45, 2.75) is 26.8 Å². The number of aryl methyl sites for hydroxylation is 2. The first kappa shape index (κ1) is 14.9. The van der Waals surface area contributed by atoms with Gasteiger partial charge in [-0.25, -0.2) is 4.39 Å². The van der Waals surface area contributed by atoms with E-state index in [0.717, 1.165) is 11.0 Å². The Balaban J connectivity index is 2.24. The van der Waals surface area contributed by atoms with E-state index in [1.165, 1.54) is 21.4 Å². The number of nitrogens with zero attached hydrogens (tertiary/aromatic N) is 1. The predicted octanol–water partition coefficient (Wildman–Crippen LogP) is 5.89. The average molecular weight is 385 g/mol. The highest BCUT2D eigenvalue weighted by Crippen LogP contribution is 2.32. The Morgan fingerprint density at radius 3 is 2.67 bits per heavy atom. The summed E-state index contributed by atoms with van der Waals surface area (Å²) < 4.78 is 16.8. The van der Waals surface area contributed by atoms with E-state index >= 15 is 0 Å². The van der Waals surface area contributed by atoms with Crippen LogP contribution in [-0.2, 0) is 0 Å². The zero-order valence-corrected chi connectivity index (χ0v) is 15.0. The van der Waals surface area contributed by atoms with Crippen LogP contribution < -0.4 is 0 Å². The number of benzene rings is 1. The number of rotatable bonds is 2.